The quantitative estimate of drug-likeness (QED) is 0.479. The number of nitrogens with one attached hydrogen (secondary N) is 2. The van der Waals surface area contributed by atoms with Crippen molar-refractivity contribution in [3.8, 4) is 0 Å². The third-order valence-electron chi connectivity index (χ3n) is 5.26. The first-order chi connectivity index (χ1) is 15.5. The number of carbonyl (C=O) groups excluding carboxylic acids is 1. The van der Waals surface area contributed by atoms with Crippen LogP contribution in [0.1, 0.15) is 31.2 Å². The van der Waals surface area contributed by atoms with Gasteiger partial charge in [0.1, 0.15) is 11.6 Å². The highest BCUT2D eigenvalue weighted by Gasteiger charge is 2.24. The number of guanidine groups is 1. The van der Waals surface area contributed by atoms with Gasteiger partial charge in [-0.3, -0.25) is 0 Å². The van der Waals surface area contributed by atoms with E-state index in [1.807, 2.05) is 56.3 Å². The molecule has 3 rings (SSSR count). The summed E-state index contributed by atoms with van der Waals surface area (Å²) in [4.78, 5) is 25.1. The molecule has 0 bridgehead atoms. The van der Waals surface area contributed by atoms with Crippen LogP contribution in [-0.4, -0.2) is 68.3 Å². The van der Waals surface area contributed by atoms with Crippen molar-refractivity contribution in [2.45, 2.75) is 38.8 Å². The second-order valence-electron chi connectivity index (χ2n) is 7.91. The number of hydrogen-bond acceptors (Lipinski definition) is 6. The number of pyridine rings is 1. The smallest absolute Gasteiger partial charge is 0.409 e. The maximum Gasteiger partial charge on any atom is 0.409 e. The molecule has 2 N–H and O–H groups in total. The van der Waals surface area contributed by atoms with Crippen LogP contribution in [0.4, 0.5) is 10.6 Å². The van der Waals surface area contributed by atoms with Gasteiger partial charge in [-0.1, -0.05) is 6.07 Å². The number of ether oxygens (including phenoxy) is 1. The number of aliphatic imine (C=N–C) groups is 1. The summed E-state index contributed by atoms with van der Waals surface area (Å²) in [5.41, 5.74) is 0.903. The maximum atomic E-state index is 11.9. The average molecular weight is 443 g/mol. The number of anilines is 1. The van der Waals surface area contributed by atoms with Crippen LogP contribution in [0.5, 0.6) is 0 Å². The van der Waals surface area contributed by atoms with Gasteiger partial charge in [0, 0.05) is 46.2 Å². The average Bonchev–Trinajstić information content (AvgIpc) is 3.32. The lowest BCUT2D eigenvalue weighted by molar-refractivity contribution is 0.0963. The Morgan fingerprint density at radius 1 is 1.28 bits per heavy atom. The monoisotopic (exact) mass is 442 g/mol. The SMILES string of the molecule is CCOC(=O)N1CCC(NC(=NCc2cccc(N(C)C)n2)NCCc2ccco2)CC1. The molecule has 0 unspecified atom stereocenters. The second kappa shape index (κ2) is 12.0. The largest absolute Gasteiger partial charge is 0.469 e. The van der Waals surface area contributed by atoms with Gasteiger partial charge in [-0.2, -0.15) is 0 Å². The Hall–Kier alpha value is -3.23. The van der Waals surface area contributed by atoms with Crippen LogP contribution in [0.3, 0.4) is 0 Å². The first-order valence-electron chi connectivity index (χ1n) is 11.2. The van der Waals surface area contributed by atoms with Crippen LogP contribution in [0.25, 0.3) is 0 Å². The lowest BCUT2D eigenvalue weighted by atomic mass is 10.1. The number of hydrogen-bond donors (Lipinski definition) is 2. The van der Waals surface area contributed by atoms with Gasteiger partial charge in [0.05, 0.1) is 25.1 Å². The Morgan fingerprint density at radius 2 is 2.09 bits per heavy atom. The van der Waals surface area contributed by atoms with Gasteiger partial charge < -0.3 is 29.6 Å². The molecule has 1 fully saturated rings. The van der Waals surface area contributed by atoms with Crippen molar-refractivity contribution in [1.29, 1.82) is 0 Å². The Morgan fingerprint density at radius 3 is 2.78 bits per heavy atom. The lowest BCUT2D eigenvalue weighted by Gasteiger charge is -2.32. The van der Waals surface area contributed by atoms with Gasteiger partial charge >= 0.3 is 6.09 Å². The van der Waals surface area contributed by atoms with E-state index >= 15 is 0 Å². The molecule has 1 aliphatic heterocycles. The molecule has 2 aromatic rings. The van der Waals surface area contributed by atoms with Crippen molar-refractivity contribution in [2.24, 2.45) is 4.99 Å². The molecule has 0 atom stereocenters. The zero-order valence-corrected chi connectivity index (χ0v) is 19.2. The van der Waals surface area contributed by atoms with E-state index in [-0.39, 0.29) is 12.1 Å². The molecule has 174 valence electrons. The number of furan rings is 1. The van der Waals surface area contributed by atoms with Crippen molar-refractivity contribution >= 4 is 17.9 Å². The highest BCUT2D eigenvalue weighted by Crippen LogP contribution is 2.12. The highest BCUT2D eigenvalue weighted by molar-refractivity contribution is 5.80. The minimum absolute atomic E-state index is 0.233. The van der Waals surface area contributed by atoms with Gasteiger partial charge in [-0.05, 0) is 44.0 Å². The Labute approximate surface area is 189 Å². The number of rotatable bonds is 8. The molecule has 0 radical (unpaired) electrons. The number of nitrogens with zero attached hydrogens (tertiary/aromatic N) is 4. The van der Waals surface area contributed by atoms with Gasteiger partial charge in [0.2, 0.25) is 0 Å². The summed E-state index contributed by atoms with van der Waals surface area (Å²) in [5.74, 6) is 2.58. The van der Waals surface area contributed by atoms with Gasteiger partial charge in [-0.25, -0.2) is 14.8 Å². The fourth-order valence-corrected chi connectivity index (χ4v) is 3.49. The van der Waals surface area contributed by atoms with Crippen LogP contribution >= 0.6 is 0 Å². The third-order valence-corrected chi connectivity index (χ3v) is 5.26. The van der Waals surface area contributed by atoms with Crippen molar-refractivity contribution in [2.75, 3.05) is 45.2 Å². The topological polar surface area (TPSA) is 95.2 Å². The Balaban J connectivity index is 1.59. The van der Waals surface area contributed by atoms with E-state index in [9.17, 15) is 4.79 Å². The number of piperidine rings is 1. The number of carbonyl (C=O) groups is 1. The molecule has 0 spiro atoms. The molecule has 1 aliphatic rings. The summed E-state index contributed by atoms with van der Waals surface area (Å²) in [7, 11) is 3.95. The van der Waals surface area contributed by atoms with Crippen LogP contribution in [0.2, 0.25) is 0 Å². The zero-order valence-electron chi connectivity index (χ0n) is 19.2. The molecule has 0 aromatic carbocycles. The summed E-state index contributed by atoms with van der Waals surface area (Å²) >= 11 is 0. The predicted octanol–water partition coefficient (Wildman–Crippen LogP) is 2.64. The molecular formula is C23H34N6O3. The maximum absolute atomic E-state index is 11.9. The highest BCUT2D eigenvalue weighted by atomic mass is 16.6. The molecule has 0 aliphatic carbocycles. The number of likely N-dealkylation sites (tertiary alicyclic amines) is 1. The molecule has 32 heavy (non-hydrogen) atoms. The summed E-state index contributed by atoms with van der Waals surface area (Å²) in [6.45, 7) is 4.74. The number of amides is 1. The standard InChI is InChI=1S/C23H34N6O3/c1-4-31-23(30)29-14-11-18(12-15-29)27-22(24-13-10-20-8-6-16-32-20)25-17-19-7-5-9-21(26-19)28(2)3/h5-9,16,18H,4,10-15,17H2,1-3H3,(H2,24,25,27). The van der Waals surface area contributed by atoms with Gasteiger partial charge in [0.25, 0.3) is 0 Å². The molecule has 1 saturated heterocycles. The van der Waals surface area contributed by atoms with Crippen LogP contribution in [0, 0.1) is 0 Å². The van der Waals surface area contributed by atoms with E-state index < -0.39 is 0 Å². The molecule has 0 saturated carbocycles. The normalized spacial score (nSPS) is 14.8. The zero-order chi connectivity index (χ0) is 22.8. The van der Waals surface area contributed by atoms with E-state index in [1.54, 1.807) is 11.2 Å². The lowest BCUT2D eigenvalue weighted by Crippen LogP contribution is -2.50. The molecule has 2 aromatic heterocycles. The summed E-state index contributed by atoms with van der Waals surface area (Å²) in [5, 5.41) is 6.93. The Kier molecular flexibility index (Phi) is 8.77. The minimum atomic E-state index is -0.233. The molecule has 3 heterocycles. The van der Waals surface area contributed by atoms with Crippen molar-refractivity contribution in [3.05, 3.63) is 48.0 Å². The van der Waals surface area contributed by atoms with Gasteiger partial charge in [-0.15, -0.1) is 0 Å². The first kappa shape index (κ1) is 23.4. The van der Waals surface area contributed by atoms with E-state index in [4.69, 9.17) is 14.1 Å². The van der Waals surface area contributed by atoms with E-state index in [2.05, 4.69) is 15.6 Å². The minimum Gasteiger partial charge on any atom is -0.469 e. The Bertz CT molecular complexity index is 860. The van der Waals surface area contributed by atoms with Crippen LogP contribution < -0.4 is 15.5 Å². The fourth-order valence-electron chi connectivity index (χ4n) is 3.49. The van der Waals surface area contributed by atoms with Gasteiger partial charge in [0.15, 0.2) is 5.96 Å². The summed E-state index contributed by atoms with van der Waals surface area (Å²) in [6, 6.07) is 10.0. The summed E-state index contributed by atoms with van der Waals surface area (Å²) < 4.78 is 10.5. The second-order valence-corrected chi connectivity index (χ2v) is 7.91. The van der Waals surface area contributed by atoms with Crippen molar-refractivity contribution in [1.82, 2.24) is 20.5 Å². The van der Waals surface area contributed by atoms with E-state index in [0.717, 1.165) is 42.5 Å². The third kappa shape index (κ3) is 7.18. The number of aromatic nitrogens is 1. The van der Waals surface area contributed by atoms with Crippen molar-refractivity contribution < 1.29 is 13.9 Å². The molecule has 1 amide bonds. The van der Waals surface area contributed by atoms with E-state index in [1.165, 1.54) is 0 Å². The molecule has 9 heteroatoms. The fraction of sp³-hybridized carbons (Fsp3) is 0.522. The summed E-state index contributed by atoms with van der Waals surface area (Å²) in [6.07, 6.45) is 3.90. The van der Waals surface area contributed by atoms with Crippen molar-refractivity contribution in [3.63, 3.8) is 0 Å². The first-order valence-corrected chi connectivity index (χ1v) is 11.2. The molecular weight excluding hydrogens is 408 g/mol. The van der Waals surface area contributed by atoms with Crippen LogP contribution in [-0.2, 0) is 17.7 Å². The van der Waals surface area contributed by atoms with E-state index in [0.29, 0.717) is 32.8 Å². The van der Waals surface area contributed by atoms with Crippen LogP contribution in [0.15, 0.2) is 46.0 Å². The molecule has 9 nitrogen and oxygen atoms in total. The predicted molar refractivity (Wildman–Crippen MR) is 125 cm³/mol.